The Morgan fingerprint density at radius 1 is 1.31 bits per heavy atom. The zero-order valence-corrected chi connectivity index (χ0v) is 9.44. The van der Waals surface area contributed by atoms with E-state index >= 15 is 0 Å². The molecule has 1 aromatic heterocycles. The minimum absolute atomic E-state index is 0.263. The van der Waals surface area contributed by atoms with E-state index in [1.165, 1.54) is 17.5 Å². The Labute approximate surface area is 81.6 Å². The second-order valence-corrected chi connectivity index (χ2v) is 4.88. The summed E-state index contributed by atoms with van der Waals surface area (Å²) in [6.45, 7) is 11.3. The third-order valence-electron chi connectivity index (χ3n) is 2.73. The first kappa shape index (κ1) is 10.4. The second kappa shape index (κ2) is 3.57. The fourth-order valence-corrected chi connectivity index (χ4v) is 1.65. The summed E-state index contributed by atoms with van der Waals surface area (Å²) in [5.74, 6) is 0.667. The van der Waals surface area contributed by atoms with E-state index in [0.29, 0.717) is 5.92 Å². The molecule has 0 spiro atoms. The first-order valence-corrected chi connectivity index (χ1v) is 5.14. The Bertz CT molecular complexity index is 265. The number of nitrogens with one attached hydrogen (secondary N) is 1. The van der Waals surface area contributed by atoms with Gasteiger partial charge in [0.1, 0.15) is 0 Å². The highest BCUT2D eigenvalue weighted by molar-refractivity contribution is 5.32. The minimum Gasteiger partial charge on any atom is -0.367 e. The van der Waals surface area contributed by atoms with Crippen molar-refractivity contribution >= 4 is 0 Å². The highest BCUT2D eigenvalue weighted by Gasteiger charge is 2.20. The molecule has 13 heavy (non-hydrogen) atoms. The van der Waals surface area contributed by atoms with Gasteiger partial charge in [0, 0.05) is 12.4 Å². The lowest BCUT2D eigenvalue weighted by molar-refractivity contribution is 0.573. The van der Waals surface area contributed by atoms with Crippen molar-refractivity contribution in [2.45, 2.75) is 52.4 Å². The Balaban J connectivity index is 3.03. The van der Waals surface area contributed by atoms with Crippen molar-refractivity contribution in [1.29, 1.82) is 0 Å². The highest BCUT2D eigenvalue weighted by Crippen LogP contribution is 2.31. The predicted molar refractivity (Wildman–Crippen MR) is 58.2 cm³/mol. The maximum Gasteiger partial charge on any atom is 0.00456 e. The van der Waals surface area contributed by atoms with Gasteiger partial charge in [-0.05, 0) is 28.9 Å². The molecule has 0 fully saturated rings. The molecule has 1 heteroatoms. The van der Waals surface area contributed by atoms with Crippen LogP contribution in [0.25, 0.3) is 0 Å². The molecule has 0 bridgehead atoms. The van der Waals surface area contributed by atoms with E-state index in [9.17, 15) is 0 Å². The number of hydrogen-bond acceptors (Lipinski definition) is 0. The third-order valence-corrected chi connectivity index (χ3v) is 2.73. The van der Waals surface area contributed by atoms with E-state index in [-0.39, 0.29) is 5.41 Å². The van der Waals surface area contributed by atoms with Crippen LogP contribution in [0.2, 0.25) is 0 Å². The summed E-state index contributed by atoms with van der Waals surface area (Å²) in [4.78, 5) is 3.22. The molecular formula is C12H21N. The van der Waals surface area contributed by atoms with Gasteiger partial charge < -0.3 is 4.98 Å². The monoisotopic (exact) mass is 179 g/mol. The Hall–Kier alpha value is -0.720. The van der Waals surface area contributed by atoms with Gasteiger partial charge in [0.25, 0.3) is 0 Å². The number of rotatable bonds is 2. The molecule has 1 unspecified atom stereocenters. The number of hydrogen-bond donors (Lipinski definition) is 1. The highest BCUT2D eigenvalue weighted by atomic mass is 14.7. The smallest absolute Gasteiger partial charge is 0.00456 e. The van der Waals surface area contributed by atoms with Crippen molar-refractivity contribution in [2.75, 3.05) is 0 Å². The van der Waals surface area contributed by atoms with Crippen LogP contribution in [0.4, 0.5) is 0 Å². The number of aromatic nitrogens is 1. The average Bonchev–Trinajstić information content (AvgIpc) is 2.49. The lowest BCUT2D eigenvalue weighted by Gasteiger charge is -2.21. The van der Waals surface area contributed by atoms with Gasteiger partial charge in [0.15, 0.2) is 0 Å². The molecule has 0 radical (unpaired) electrons. The normalized spacial score (nSPS) is 14.5. The molecule has 1 heterocycles. The summed E-state index contributed by atoms with van der Waals surface area (Å²) >= 11 is 0. The van der Waals surface area contributed by atoms with Crippen LogP contribution in [0.5, 0.6) is 0 Å². The van der Waals surface area contributed by atoms with Gasteiger partial charge in [-0.25, -0.2) is 0 Å². The molecule has 0 saturated heterocycles. The lowest BCUT2D eigenvalue weighted by Crippen LogP contribution is -2.13. The first-order valence-electron chi connectivity index (χ1n) is 5.14. The van der Waals surface area contributed by atoms with Crippen LogP contribution < -0.4 is 0 Å². The maximum atomic E-state index is 3.22. The van der Waals surface area contributed by atoms with Crippen molar-refractivity contribution in [3.05, 3.63) is 23.5 Å². The van der Waals surface area contributed by atoms with Crippen molar-refractivity contribution in [1.82, 2.24) is 4.98 Å². The number of H-pyrrole nitrogens is 1. The van der Waals surface area contributed by atoms with Gasteiger partial charge in [-0.1, -0.05) is 34.6 Å². The van der Waals surface area contributed by atoms with Gasteiger partial charge in [0.2, 0.25) is 0 Å². The van der Waals surface area contributed by atoms with Crippen LogP contribution in [0.15, 0.2) is 12.4 Å². The van der Waals surface area contributed by atoms with E-state index in [0.717, 1.165) is 0 Å². The van der Waals surface area contributed by atoms with Crippen molar-refractivity contribution < 1.29 is 0 Å². The van der Waals surface area contributed by atoms with E-state index in [1.807, 2.05) is 0 Å². The topological polar surface area (TPSA) is 15.8 Å². The molecule has 1 aromatic rings. The molecule has 0 amide bonds. The summed E-state index contributed by atoms with van der Waals surface area (Å²) in [5.41, 5.74) is 3.20. The van der Waals surface area contributed by atoms with Gasteiger partial charge in [-0.2, -0.15) is 0 Å². The van der Waals surface area contributed by atoms with Crippen molar-refractivity contribution in [3.63, 3.8) is 0 Å². The molecule has 1 N–H and O–H groups in total. The SMILES string of the molecule is CCC(C)c1c[nH]cc1C(C)(C)C. The van der Waals surface area contributed by atoms with E-state index in [1.54, 1.807) is 0 Å². The van der Waals surface area contributed by atoms with Crippen LogP contribution >= 0.6 is 0 Å². The minimum atomic E-state index is 0.263. The standard InChI is InChI=1S/C12H21N/c1-6-9(2)10-7-13-8-11(10)12(3,4)5/h7-9,13H,6H2,1-5H3. The molecule has 1 nitrogen and oxygen atoms in total. The molecule has 1 atom stereocenters. The van der Waals surface area contributed by atoms with E-state index in [2.05, 4.69) is 52.0 Å². The summed E-state index contributed by atoms with van der Waals surface area (Å²) in [6, 6.07) is 0. The zero-order valence-electron chi connectivity index (χ0n) is 9.44. The second-order valence-electron chi connectivity index (χ2n) is 4.88. The van der Waals surface area contributed by atoms with Gasteiger partial charge >= 0.3 is 0 Å². The largest absolute Gasteiger partial charge is 0.367 e. The Kier molecular flexibility index (Phi) is 2.84. The molecule has 0 aliphatic rings. The van der Waals surface area contributed by atoms with Crippen LogP contribution in [-0.4, -0.2) is 4.98 Å². The molecular weight excluding hydrogens is 158 g/mol. The predicted octanol–water partition coefficient (Wildman–Crippen LogP) is 3.83. The van der Waals surface area contributed by atoms with Gasteiger partial charge in [-0.15, -0.1) is 0 Å². The average molecular weight is 179 g/mol. The van der Waals surface area contributed by atoms with Crippen molar-refractivity contribution in [3.8, 4) is 0 Å². The number of aromatic amines is 1. The summed E-state index contributed by atoms with van der Waals surface area (Å²) in [5, 5.41) is 0. The van der Waals surface area contributed by atoms with Crippen LogP contribution in [0.1, 0.15) is 58.1 Å². The molecule has 0 aromatic carbocycles. The van der Waals surface area contributed by atoms with Crippen LogP contribution in [-0.2, 0) is 5.41 Å². The molecule has 1 rings (SSSR count). The van der Waals surface area contributed by atoms with Crippen LogP contribution in [0.3, 0.4) is 0 Å². The maximum absolute atomic E-state index is 3.22. The fourth-order valence-electron chi connectivity index (χ4n) is 1.65. The van der Waals surface area contributed by atoms with E-state index < -0.39 is 0 Å². The molecule has 74 valence electrons. The Morgan fingerprint density at radius 3 is 2.38 bits per heavy atom. The third kappa shape index (κ3) is 2.15. The summed E-state index contributed by atoms with van der Waals surface area (Å²) in [6.07, 6.45) is 5.50. The Morgan fingerprint density at radius 2 is 1.92 bits per heavy atom. The van der Waals surface area contributed by atoms with Gasteiger partial charge in [0.05, 0.1) is 0 Å². The molecule has 0 aliphatic carbocycles. The molecule has 0 aliphatic heterocycles. The zero-order chi connectivity index (χ0) is 10.1. The van der Waals surface area contributed by atoms with Gasteiger partial charge in [-0.3, -0.25) is 0 Å². The quantitative estimate of drug-likeness (QED) is 0.710. The van der Waals surface area contributed by atoms with Crippen LogP contribution in [0, 0.1) is 0 Å². The summed E-state index contributed by atoms with van der Waals surface area (Å²) in [7, 11) is 0. The lowest BCUT2D eigenvalue weighted by atomic mass is 9.82. The fraction of sp³-hybridized carbons (Fsp3) is 0.667. The summed E-state index contributed by atoms with van der Waals surface area (Å²) < 4.78 is 0. The van der Waals surface area contributed by atoms with E-state index in [4.69, 9.17) is 0 Å². The van der Waals surface area contributed by atoms with Crippen molar-refractivity contribution in [2.24, 2.45) is 0 Å². The first-order chi connectivity index (χ1) is 5.96. The molecule has 0 saturated carbocycles.